The molecule has 0 fully saturated rings. The Balaban J connectivity index is 1.64. The van der Waals surface area contributed by atoms with Crippen molar-refractivity contribution in [1.82, 2.24) is 15.0 Å². The third-order valence-corrected chi connectivity index (χ3v) is 4.78. The monoisotopic (exact) mass is 381 g/mol. The largest absolute Gasteiger partial charge is 0.492 e. The molecule has 0 spiro atoms. The Kier molecular flexibility index (Phi) is 4.51. The second-order valence-electron chi connectivity index (χ2n) is 6.36. The zero-order chi connectivity index (χ0) is 18.9. The maximum atomic E-state index is 11.8. The third-order valence-electron chi connectivity index (χ3n) is 4.04. The predicted octanol–water partition coefficient (Wildman–Crippen LogP) is 2.16. The molecule has 1 aliphatic rings. The van der Waals surface area contributed by atoms with Gasteiger partial charge in [-0.3, -0.25) is 9.35 Å². The second-order valence-corrected chi connectivity index (χ2v) is 8.53. The van der Waals surface area contributed by atoms with Gasteiger partial charge in [-0.15, -0.1) is 0 Å². The number of hydrogen-bond donors (Lipinski definition) is 2. The smallest absolute Gasteiger partial charge is 0.230 e. The van der Waals surface area contributed by atoms with Crippen molar-refractivity contribution in [3.05, 3.63) is 59.9 Å². The molecule has 1 atom stereocenters. The number of aromatic nitrogens is 3. The number of ether oxygens (including phenoxy) is 1. The van der Waals surface area contributed by atoms with Crippen LogP contribution in [0.25, 0.3) is 11.4 Å². The lowest BCUT2D eigenvalue weighted by atomic mass is 10.1. The van der Waals surface area contributed by atoms with Crippen molar-refractivity contribution >= 4 is 26.7 Å². The molecule has 0 radical (unpaired) electrons. The summed E-state index contributed by atoms with van der Waals surface area (Å²) in [6, 6.07) is 13.4. The summed E-state index contributed by atoms with van der Waals surface area (Å²) in [7, 11) is -2.47. The molecule has 27 heavy (non-hydrogen) atoms. The average Bonchev–Trinajstić information content (AvgIpc) is 3.09. The normalized spacial score (nSPS) is 14.7. The molecule has 0 saturated carbocycles. The number of rotatable bonds is 4. The van der Waals surface area contributed by atoms with E-state index in [0.29, 0.717) is 18.4 Å². The number of fused-ring (bicyclic) bond motifs is 1. The highest BCUT2D eigenvalue weighted by molar-refractivity contribution is 7.98. The number of para-hydroxylation sites is 1. The molecule has 0 amide bonds. The number of anilines is 2. The lowest BCUT2D eigenvalue weighted by Gasteiger charge is -2.09. The number of nitrogens with zero attached hydrogens (tertiary/aromatic N) is 3. The van der Waals surface area contributed by atoms with Crippen LogP contribution in [0.1, 0.15) is 11.1 Å². The maximum absolute atomic E-state index is 11.8. The van der Waals surface area contributed by atoms with E-state index in [1.807, 2.05) is 36.4 Å². The minimum absolute atomic E-state index is 0.415. The summed E-state index contributed by atoms with van der Waals surface area (Å²) in [6.45, 7) is 0.674. The van der Waals surface area contributed by atoms with Crippen LogP contribution in [0.15, 0.2) is 48.8 Å². The van der Waals surface area contributed by atoms with Gasteiger partial charge in [0.05, 0.1) is 12.2 Å². The molecule has 7 nitrogen and oxygen atoms in total. The number of nitrogens with one attached hydrogen (secondary N) is 1. The van der Waals surface area contributed by atoms with Gasteiger partial charge in [-0.05, 0) is 29.3 Å². The Labute approximate surface area is 157 Å². The van der Waals surface area contributed by atoms with Gasteiger partial charge >= 0.3 is 0 Å². The molecular weight excluding hydrogens is 362 g/mol. The van der Waals surface area contributed by atoms with E-state index < -0.39 is 9.71 Å². The summed E-state index contributed by atoms with van der Waals surface area (Å²) in [5, 5.41) is 10.3. The second kappa shape index (κ2) is 6.98. The molecule has 3 N–H and O–H groups in total. The first-order valence-corrected chi connectivity index (χ1v) is 10.5. The van der Waals surface area contributed by atoms with Gasteiger partial charge in [-0.25, -0.2) is 9.97 Å². The van der Waals surface area contributed by atoms with E-state index in [0.717, 1.165) is 34.5 Å². The average molecular weight is 381 g/mol. The first-order valence-electron chi connectivity index (χ1n) is 8.41. The quantitative estimate of drug-likeness (QED) is 0.671. The fourth-order valence-electron chi connectivity index (χ4n) is 2.97. The molecule has 4 rings (SSSR count). The van der Waals surface area contributed by atoms with E-state index in [1.165, 1.54) is 12.6 Å². The van der Waals surface area contributed by atoms with Crippen LogP contribution in [0.4, 0.5) is 11.6 Å². The summed E-state index contributed by atoms with van der Waals surface area (Å²) in [5.41, 5.74) is 3.54. The Hall–Kier alpha value is -2.97. The molecule has 138 valence electrons. The van der Waals surface area contributed by atoms with Crippen molar-refractivity contribution in [3.63, 3.8) is 0 Å². The molecule has 1 aliphatic heterocycles. The molecule has 8 heteroatoms. The molecule has 3 aromatic rings. The fourth-order valence-corrected chi connectivity index (χ4v) is 3.65. The molecule has 0 saturated heterocycles. The van der Waals surface area contributed by atoms with E-state index in [4.69, 9.17) is 9.88 Å². The first kappa shape index (κ1) is 17.4. The Bertz CT molecular complexity index is 1110. The molecule has 0 bridgehead atoms. The summed E-state index contributed by atoms with van der Waals surface area (Å²) < 4.78 is 17.5. The highest BCUT2D eigenvalue weighted by atomic mass is 32.2. The van der Waals surface area contributed by atoms with Crippen LogP contribution >= 0.6 is 0 Å². The fraction of sp³-hybridized carbons (Fsp3) is 0.158. The van der Waals surface area contributed by atoms with Crippen molar-refractivity contribution in [2.75, 3.05) is 18.2 Å². The van der Waals surface area contributed by atoms with Gasteiger partial charge in [-0.2, -0.15) is 4.98 Å². The van der Waals surface area contributed by atoms with Crippen LogP contribution in [0.3, 0.4) is 0 Å². The summed E-state index contributed by atoms with van der Waals surface area (Å²) in [5.74, 6) is 1.80. The van der Waals surface area contributed by atoms with Crippen molar-refractivity contribution in [2.45, 2.75) is 6.42 Å². The van der Waals surface area contributed by atoms with Gasteiger partial charge in [0.15, 0.2) is 5.82 Å². The Morgan fingerprint density at radius 3 is 2.93 bits per heavy atom. The minimum atomic E-state index is -2.47. The summed E-state index contributed by atoms with van der Waals surface area (Å²) in [4.78, 5) is 13.0. The lowest BCUT2D eigenvalue weighted by Crippen LogP contribution is -2.13. The van der Waals surface area contributed by atoms with E-state index in [1.54, 1.807) is 5.37 Å². The van der Waals surface area contributed by atoms with Gasteiger partial charge in [0.25, 0.3) is 0 Å². The van der Waals surface area contributed by atoms with Gasteiger partial charge in [0, 0.05) is 33.4 Å². The van der Waals surface area contributed by atoms with Crippen molar-refractivity contribution in [3.8, 4) is 17.1 Å². The molecule has 0 aliphatic carbocycles. The Morgan fingerprint density at radius 2 is 2.07 bits per heavy atom. The lowest BCUT2D eigenvalue weighted by molar-refractivity contribution is 0.358. The molecular formula is C19H19N5O2S. The standard InChI is InChI=1S/C19H19N5O2S/c1-27(20,25)11-13-4-2-6-15(10-13)23-19-22-12-21-18(24-19)16-7-3-5-14-8-9-26-17(14)16/h2-7,10-12H,8-9H2,1H3,(H2,20,25)(H,21,22,23,24). The molecule has 1 aromatic heterocycles. The molecule has 1 unspecified atom stereocenters. The van der Waals surface area contributed by atoms with Crippen LogP contribution in [0.2, 0.25) is 0 Å². The molecule has 2 aromatic carbocycles. The van der Waals surface area contributed by atoms with E-state index in [2.05, 4.69) is 26.3 Å². The highest BCUT2D eigenvalue weighted by Gasteiger charge is 2.18. The van der Waals surface area contributed by atoms with Crippen LogP contribution in [0.5, 0.6) is 5.75 Å². The Morgan fingerprint density at radius 1 is 1.22 bits per heavy atom. The predicted molar refractivity (Wildman–Crippen MR) is 108 cm³/mol. The van der Waals surface area contributed by atoms with Gasteiger partial charge < -0.3 is 10.1 Å². The minimum Gasteiger partial charge on any atom is -0.492 e. The van der Waals surface area contributed by atoms with Crippen LogP contribution in [-0.4, -0.2) is 37.4 Å². The number of hydrogen-bond acceptors (Lipinski definition) is 6. The van der Waals surface area contributed by atoms with Gasteiger partial charge in [-0.1, -0.05) is 24.3 Å². The first-order chi connectivity index (χ1) is 13.0. The highest BCUT2D eigenvalue weighted by Crippen LogP contribution is 2.35. The van der Waals surface area contributed by atoms with E-state index in [9.17, 15) is 4.21 Å². The molecule has 2 heterocycles. The van der Waals surface area contributed by atoms with Crippen molar-refractivity contribution < 1.29 is 8.95 Å². The van der Waals surface area contributed by atoms with Gasteiger partial charge in [0.2, 0.25) is 5.95 Å². The van der Waals surface area contributed by atoms with Crippen molar-refractivity contribution in [1.29, 1.82) is 0 Å². The van der Waals surface area contributed by atoms with Crippen LogP contribution in [-0.2, 0) is 16.1 Å². The zero-order valence-corrected chi connectivity index (χ0v) is 15.6. The maximum Gasteiger partial charge on any atom is 0.230 e. The van der Waals surface area contributed by atoms with E-state index >= 15 is 0 Å². The van der Waals surface area contributed by atoms with Gasteiger partial charge in [0.1, 0.15) is 12.1 Å². The van der Waals surface area contributed by atoms with Crippen LogP contribution in [0, 0.1) is 0 Å². The third kappa shape index (κ3) is 4.07. The van der Waals surface area contributed by atoms with E-state index in [-0.39, 0.29) is 0 Å². The van der Waals surface area contributed by atoms with Crippen LogP contribution < -0.4 is 15.2 Å². The topological polar surface area (TPSA) is 103 Å². The number of benzene rings is 2. The summed E-state index contributed by atoms with van der Waals surface area (Å²) >= 11 is 0. The zero-order valence-electron chi connectivity index (χ0n) is 14.8. The van der Waals surface area contributed by atoms with Crippen molar-refractivity contribution in [2.24, 2.45) is 5.14 Å². The summed E-state index contributed by atoms with van der Waals surface area (Å²) in [6.07, 6.45) is 3.85. The number of nitrogens with two attached hydrogens (primary N) is 1. The SMILES string of the molecule is CS(N)(=O)=Cc1cccc(Nc2ncnc(-c3cccc4c3OCC4)n2)c1.